The highest BCUT2D eigenvalue weighted by atomic mass is 32.1. The zero-order chi connectivity index (χ0) is 22.3. The van der Waals surface area contributed by atoms with Gasteiger partial charge in [0.25, 0.3) is 0 Å². The van der Waals surface area contributed by atoms with E-state index in [0.717, 1.165) is 12.4 Å². The molecular formula is C16H15F6N5O2S. The van der Waals surface area contributed by atoms with Gasteiger partial charge in [0.05, 0.1) is 12.6 Å². The van der Waals surface area contributed by atoms with Gasteiger partial charge in [-0.25, -0.2) is 15.0 Å². The summed E-state index contributed by atoms with van der Waals surface area (Å²) in [5, 5.41) is 8.43. The number of anilines is 1. The van der Waals surface area contributed by atoms with Crippen LogP contribution in [0, 0.1) is 0 Å². The predicted octanol–water partition coefficient (Wildman–Crippen LogP) is 2.67. The van der Waals surface area contributed by atoms with Crippen LogP contribution in [0.3, 0.4) is 0 Å². The molecule has 0 radical (unpaired) electrons. The first-order valence-corrected chi connectivity index (χ1v) is 9.34. The molecule has 2 aromatic heterocycles. The number of amides is 1. The van der Waals surface area contributed by atoms with Gasteiger partial charge in [-0.15, -0.1) is 0 Å². The number of rotatable bonds is 3. The number of carbonyl (C=O) groups is 1. The molecule has 0 aromatic carbocycles. The highest BCUT2D eigenvalue weighted by Crippen LogP contribution is 2.43. The molecule has 0 bridgehead atoms. The van der Waals surface area contributed by atoms with Crippen LogP contribution in [0.5, 0.6) is 0 Å². The van der Waals surface area contributed by atoms with Crippen LogP contribution in [-0.2, 0) is 17.1 Å². The highest BCUT2D eigenvalue weighted by Gasteiger charge is 2.39. The number of nitrogens with zero attached hydrogens (tertiary/aromatic N) is 5. The molecule has 0 spiro atoms. The molecule has 1 atom stereocenters. The Balaban J connectivity index is 2.00. The molecule has 1 fully saturated rings. The molecule has 30 heavy (non-hydrogen) atoms. The molecule has 0 unspecified atom stereocenters. The molecule has 7 nitrogen and oxygen atoms in total. The maximum Gasteiger partial charge on any atom is 0.451 e. The monoisotopic (exact) mass is 455 g/mol. The molecule has 1 saturated heterocycles. The average Bonchev–Trinajstić information content (AvgIpc) is 3.12. The van der Waals surface area contributed by atoms with E-state index < -0.39 is 35.8 Å². The summed E-state index contributed by atoms with van der Waals surface area (Å²) in [5.41, 5.74) is -0.326. The van der Waals surface area contributed by atoms with Crippen molar-refractivity contribution >= 4 is 22.2 Å². The maximum absolute atomic E-state index is 13.3. The zero-order valence-electron chi connectivity index (χ0n) is 15.3. The van der Waals surface area contributed by atoms with Gasteiger partial charge in [-0.1, -0.05) is 11.3 Å². The predicted molar refractivity (Wildman–Crippen MR) is 93.6 cm³/mol. The van der Waals surface area contributed by atoms with E-state index in [1.54, 1.807) is 0 Å². The molecule has 1 amide bonds. The lowest BCUT2D eigenvalue weighted by Crippen LogP contribution is -2.56. The van der Waals surface area contributed by atoms with Gasteiger partial charge in [0.15, 0.2) is 0 Å². The summed E-state index contributed by atoms with van der Waals surface area (Å²) < 4.78 is 77.8. The number of aliphatic hydroxyl groups is 1. The molecular weight excluding hydrogens is 440 g/mol. The standard InChI is InChI=1S/C16H15F6N5O2S/c1-8(29)27-3-2-26(6-10(27)7-28)12-11(25-14(30-12)16(20,21)22)9-4-23-13(24-5-9)15(17,18)19/h4-5,10,28H,2-3,6-7H2,1H3/t10-/m0/s1. The maximum atomic E-state index is 13.3. The third-order valence-corrected chi connectivity index (χ3v) is 5.58. The summed E-state index contributed by atoms with van der Waals surface area (Å²) >= 11 is 0.327. The first kappa shape index (κ1) is 22.2. The normalized spacial score (nSPS) is 18.1. The van der Waals surface area contributed by atoms with E-state index in [1.807, 2.05) is 0 Å². The number of hydrogen-bond acceptors (Lipinski definition) is 7. The molecule has 2 aromatic rings. The summed E-state index contributed by atoms with van der Waals surface area (Å²) in [4.78, 5) is 24.5. The van der Waals surface area contributed by atoms with Gasteiger partial charge < -0.3 is 14.9 Å². The molecule has 3 rings (SSSR count). The van der Waals surface area contributed by atoms with Crippen molar-refractivity contribution in [2.24, 2.45) is 0 Å². The fraction of sp³-hybridized carbons (Fsp3) is 0.500. The number of halogens is 6. The van der Waals surface area contributed by atoms with Crippen molar-refractivity contribution in [2.75, 3.05) is 31.1 Å². The van der Waals surface area contributed by atoms with Crippen LogP contribution in [0.2, 0.25) is 0 Å². The minimum Gasteiger partial charge on any atom is -0.394 e. The number of piperazine rings is 1. The topological polar surface area (TPSA) is 82.5 Å². The van der Waals surface area contributed by atoms with E-state index in [0.29, 0.717) is 11.3 Å². The number of alkyl halides is 6. The fourth-order valence-electron chi connectivity index (χ4n) is 3.04. The Hall–Kier alpha value is -2.48. The number of aromatic nitrogens is 3. The Bertz CT molecular complexity index is 914. The number of hydrogen-bond donors (Lipinski definition) is 1. The van der Waals surface area contributed by atoms with E-state index in [2.05, 4.69) is 15.0 Å². The Labute approximate surface area is 170 Å². The summed E-state index contributed by atoms with van der Waals surface area (Å²) in [6, 6.07) is -0.649. The molecule has 164 valence electrons. The third kappa shape index (κ3) is 4.48. The fourth-order valence-corrected chi connectivity index (χ4v) is 4.03. The van der Waals surface area contributed by atoms with Crippen molar-refractivity contribution in [3.05, 3.63) is 23.2 Å². The van der Waals surface area contributed by atoms with Crippen LogP contribution in [0.4, 0.5) is 31.3 Å². The average molecular weight is 455 g/mol. The van der Waals surface area contributed by atoms with Gasteiger partial charge in [0.1, 0.15) is 10.7 Å². The molecule has 1 N–H and O–H groups in total. The summed E-state index contributed by atoms with van der Waals surface area (Å²) in [5.74, 6) is -1.71. The van der Waals surface area contributed by atoms with E-state index >= 15 is 0 Å². The minimum absolute atomic E-state index is 0.0318. The van der Waals surface area contributed by atoms with Crippen LogP contribution in [0.1, 0.15) is 17.8 Å². The SMILES string of the molecule is CC(=O)N1CCN(c2sc(C(F)(F)F)nc2-c2cnc(C(F)(F)F)nc2)C[C@H]1CO. The van der Waals surface area contributed by atoms with Crippen molar-refractivity contribution in [3.63, 3.8) is 0 Å². The number of thiazole rings is 1. The second-order valence-corrected chi connectivity index (χ2v) is 7.44. The van der Waals surface area contributed by atoms with Gasteiger partial charge in [0, 0.05) is 44.5 Å². The van der Waals surface area contributed by atoms with Crippen molar-refractivity contribution in [1.82, 2.24) is 19.9 Å². The molecule has 14 heteroatoms. The van der Waals surface area contributed by atoms with Crippen LogP contribution in [-0.4, -0.2) is 63.1 Å². The number of carbonyl (C=O) groups excluding carboxylic acids is 1. The second kappa shape index (κ2) is 7.98. The van der Waals surface area contributed by atoms with Crippen LogP contribution in [0.15, 0.2) is 12.4 Å². The lowest BCUT2D eigenvalue weighted by atomic mass is 10.1. The third-order valence-electron chi connectivity index (χ3n) is 4.42. The summed E-state index contributed by atoms with van der Waals surface area (Å²) in [7, 11) is 0. The van der Waals surface area contributed by atoms with Gasteiger partial charge in [0.2, 0.25) is 16.7 Å². The minimum atomic E-state index is -4.79. The summed E-state index contributed by atoms with van der Waals surface area (Å²) in [6.45, 7) is 1.26. The Morgan fingerprint density at radius 2 is 1.80 bits per heavy atom. The highest BCUT2D eigenvalue weighted by molar-refractivity contribution is 7.16. The molecule has 0 saturated carbocycles. The van der Waals surface area contributed by atoms with Crippen LogP contribution in [0.25, 0.3) is 11.3 Å². The molecule has 0 aliphatic carbocycles. The summed E-state index contributed by atoms with van der Waals surface area (Å²) in [6.07, 6.45) is -8.02. The quantitative estimate of drug-likeness (QED) is 0.717. The van der Waals surface area contributed by atoms with Crippen molar-refractivity contribution < 1.29 is 36.2 Å². The molecule has 3 heterocycles. The van der Waals surface area contributed by atoms with Crippen molar-refractivity contribution in [3.8, 4) is 11.3 Å². The van der Waals surface area contributed by atoms with Crippen molar-refractivity contribution in [2.45, 2.75) is 25.3 Å². The van der Waals surface area contributed by atoms with Crippen LogP contribution >= 0.6 is 11.3 Å². The largest absolute Gasteiger partial charge is 0.451 e. The van der Waals surface area contributed by atoms with E-state index in [4.69, 9.17) is 0 Å². The second-order valence-electron chi connectivity index (χ2n) is 6.46. The van der Waals surface area contributed by atoms with Gasteiger partial charge in [-0.3, -0.25) is 4.79 Å². The van der Waals surface area contributed by atoms with E-state index in [9.17, 15) is 36.2 Å². The zero-order valence-corrected chi connectivity index (χ0v) is 16.1. The molecule has 1 aliphatic rings. The first-order valence-electron chi connectivity index (χ1n) is 8.52. The van der Waals surface area contributed by atoms with E-state index in [1.165, 1.54) is 16.7 Å². The Morgan fingerprint density at radius 1 is 1.17 bits per heavy atom. The van der Waals surface area contributed by atoms with Crippen LogP contribution < -0.4 is 4.90 Å². The lowest BCUT2D eigenvalue weighted by Gasteiger charge is -2.40. The Kier molecular flexibility index (Phi) is 5.91. The van der Waals surface area contributed by atoms with Gasteiger partial charge >= 0.3 is 12.4 Å². The van der Waals surface area contributed by atoms with E-state index in [-0.39, 0.29) is 41.8 Å². The lowest BCUT2D eigenvalue weighted by molar-refractivity contribution is -0.145. The Morgan fingerprint density at radius 3 is 2.30 bits per heavy atom. The molecule has 1 aliphatic heterocycles. The smallest absolute Gasteiger partial charge is 0.394 e. The number of aliphatic hydroxyl groups excluding tert-OH is 1. The van der Waals surface area contributed by atoms with Gasteiger partial charge in [-0.05, 0) is 0 Å². The first-order chi connectivity index (χ1) is 13.9. The van der Waals surface area contributed by atoms with Gasteiger partial charge in [-0.2, -0.15) is 26.3 Å². The van der Waals surface area contributed by atoms with Crippen molar-refractivity contribution in [1.29, 1.82) is 0 Å².